The minimum absolute atomic E-state index is 0.0295. The van der Waals surface area contributed by atoms with Gasteiger partial charge in [-0.2, -0.15) is 0 Å². The summed E-state index contributed by atoms with van der Waals surface area (Å²) in [5.74, 6) is -2.77. The molecule has 1 aromatic carbocycles. The maximum Gasteiger partial charge on any atom is 0.185 e. The molecule has 194 valence electrons. The van der Waals surface area contributed by atoms with Crippen molar-refractivity contribution in [2.75, 3.05) is 0 Å². The Labute approximate surface area is 214 Å². The molecule has 37 heavy (non-hydrogen) atoms. The van der Waals surface area contributed by atoms with Gasteiger partial charge in [-0.05, 0) is 97.4 Å². The minimum Gasteiger partial charge on any atom is -0.385 e. The summed E-state index contributed by atoms with van der Waals surface area (Å²) in [6.45, 7) is 2.17. The Kier molecular flexibility index (Phi) is 6.89. The maximum atomic E-state index is 15.0. The van der Waals surface area contributed by atoms with E-state index in [0.717, 1.165) is 55.0 Å². The topological polar surface area (TPSA) is 89.1 Å². The number of Topliss-reactive ketones (excluding diaryl/α,β-unsaturated/α-hetero) is 1. The Bertz CT molecular complexity index is 1310. The van der Waals surface area contributed by atoms with Crippen molar-refractivity contribution in [2.45, 2.75) is 69.4 Å². The fraction of sp³-hybridized carbons (Fsp3) is 0.414. The smallest absolute Gasteiger partial charge is 0.185 e. The van der Waals surface area contributed by atoms with Crippen molar-refractivity contribution in [2.24, 2.45) is 11.7 Å². The molecule has 2 saturated carbocycles. The van der Waals surface area contributed by atoms with Crippen LogP contribution >= 0.6 is 0 Å². The first-order valence-corrected chi connectivity index (χ1v) is 12.7. The Hall–Kier alpha value is -3.10. The SMILES string of the molecule is C[C@@H]1C[C@H](N)C[C@H](c2ccncc2CC(=O)c2ccc(F)c(-c3c(F)cc(C4(O)CCC4)cc3F)n2)C1. The van der Waals surface area contributed by atoms with Gasteiger partial charge in [0, 0.05) is 24.9 Å². The molecule has 2 aliphatic rings. The molecule has 3 N–H and O–H groups in total. The standard InChI is InChI=1S/C29H30F3N3O2/c1-16-9-17(11-20(33)10-16)21-5-8-34-15-18(21)12-26(36)25-4-3-22(30)28(35-25)27-23(31)13-19(14-24(27)32)29(37)6-2-7-29/h3-5,8,13-17,20,37H,2,6-7,9-12,33H2,1H3/t16-,17+,20-/m0/s1. The van der Waals surface area contributed by atoms with E-state index in [9.17, 15) is 14.3 Å². The van der Waals surface area contributed by atoms with Crippen molar-refractivity contribution in [3.63, 3.8) is 0 Å². The summed E-state index contributed by atoms with van der Waals surface area (Å²) in [6, 6.07) is 6.25. The summed E-state index contributed by atoms with van der Waals surface area (Å²) < 4.78 is 44.7. The molecule has 2 aromatic heterocycles. The highest BCUT2D eigenvalue weighted by Crippen LogP contribution is 2.43. The number of aliphatic hydroxyl groups is 1. The van der Waals surface area contributed by atoms with Crippen LogP contribution in [0.3, 0.4) is 0 Å². The molecule has 5 nitrogen and oxygen atoms in total. The number of benzene rings is 1. The predicted octanol–water partition coefficient (Wildman–Crippen LogP) is 5.59. The summed E-state index contributed by atoms with van der Waals surface area (Å²) in [6.07, 6.45) is 7.62. The number of hydrogen-bond donors (Lipinski definition) is 2. The van der Waals surface area contributed by atoms with E-state index in [0.29, 0.717) is 18.8 Å². The fourth-order valence-electron chi connectivity index (χ4n) is 5.80. The second-order valence-electron chi connectivity index (χ2n) is 10.7. The van der Waals surface area contributed by atoms with Crippen molar-refractivity contribution in [3.05, 3.63) is 82.6 Å². The van der Waals surface area contributed by atoms with Gasteiger partial charge in [0.1, 0.15) is 28.8 Å². The van der Waals surface area contributed by atoms with Gasteiger partial charge in [-0.15, -0.1) is 0 Å². The fourth-order valence-corrected chi connectivity index (χ4v) is 5.80. The second-order valence-corrected chi connectivity index (χ2v) is 10.7. The van der Waals surface area contributed by atoms with Gasteiger partial charge in [0.2, 0.25) is 0 Å². The van der Waals surface area contributed by atoms with Crippen molar-refractivity contribution in [1.82, 2.24) is 9.97 Å². The van der Waals surface area contributed by atoms with E-state index >= 15 is 8.78 Å². The van der Waals surface area contributed by atoms with E-state index in [1.165, 1.54) is 6.07 Å². The minimum atomic E-state index is -1.27. The normalized spacial score (nSPS) is 22.9. The van der Waals surface area contributed by atoms with E-state index in [-0.39, 0.29) is 29.6 Å². The first kappa shape index (κ1) is 25.5. The van der Waals surface area contributed by atoms with Crippen LogP contribution in [-0.2, 0) is 12.0 Å². The number of ketones is 1. The van der Waals surface area contributed by atoms with E-state index in [2.05, 4.69) is 16.9 Å². The highest BCUT2D eigenvalue weighted by molar-refractivity contribution is 5.96. The van der Waals surface area contributed by atoms with Crippen LogP contribution in [0.2, 0.25) is 0 Å². The Morgan fingerprint density at radius 1 is 1.08 bits per heavy atom. The van der Waals surface area contributed by atoms with Crippen LogP contribution in [0.4, 0.5) is 13.2 Å². The lowest BCUT2D eigenvalue weighted by Gasteiger charge is -2.37. The molecule has 8 heteroatoms. The lowest BCUT2D eigenvalue weighted by molar-refractivity contribution is -0.0392. The number of nitrogens with two attached hydrogens (primary N) is 1. The lowest BCUT2D eigenvalue weighted by Crippen LogP contribution is -2.33. The third kappa shape index (κ3) is 5.05. The van der Waals surface area contributed by atoms with E-state index in [4.69, 9.17) is 5.73 Å². The molecule has 0 amide bonds. The predicted molar refractivity (Wildman–Crippen MR) is 133 cm³/mol. The quantitative estimate of drug-likeness (QED) is 0.423. The number of hydrogen-bond acceptors (Lipinski definition) is 5. The van der Waals surface area contributed by atoms with Crippen LogP contribution in [0.1, 0.15) is 78.5 Å². The highest BCUT2D eigenvalue weighted by atomic mass is 19.1. The van der Waals surface area contributed by atoms with Gasteiger partial charge in [-0.25, -0.2) is 18.2 Å². The summed E-state index contributed by atoms with van der Waals surface area (Å²) in [5, 5.41) is 10.5. The number of pyridine rings is 2. The third-order valence-electron chi connectivity index (χ3n) is 7.84. The molecule has 2 heterocycles. The molecule has 3 atom stereocenters. The molecule has 0 unspecified atom stereocenters. The monoisotopic (exact) mass is 509 g/mol. The van der Waals surface area contributed by atoms with Crippen molar-refractivity contribution >= 4 is 5.78 Å². The molecular formula is C29H30F3N3O2. The van der Waals surface area contributed by atoms with Gasteiger partial charge in [0.25, 0.3) is 0 Å². The lowest BCUT2D eigenvalue weighted by atomic mass is 9.75. The molecule has 0 bridgehead atoms. The van der Waals surface area contributed by atoms with Crippen LogP contribution < -0.4 is 5.73 Å². The molecular weight excluding hydrogens is 479 g/mol. The van der Waals surface area contributed by atoms with Gasteiger partial charge in [0.15, 0.2) is 5.78 Å². The van der Waals surface area contributed by atoms with Crippen LogP contribution in [0.15, 0.2) is 42.7 Å². The van der Waals surface area contributed by atoms with Gasteiger partial charge in [-0.1, -0.05) is 6.92 Å². The van der Waals surface area contributed by atoms with Crippen LogP contribution in [0, 0.1) is 23.4 Å². The highest BCUT2D eigenvalue weighted by Gasteiger charge is 2.37. The van der Waals surface area contributed by atoms with Crippen LogP contribution in [-0.4, -0.2) is 26.9 Å². The first-order chi connectivity index (χ1) is 17.6. The van der Waals surface area contributed by atoms with E-state index in [1.54, 1.807) is 12.4 Å². The van der Waals surface area contributed by atoms with Gasteiger partial charge in [-0.3, -0.25) is 9.78 Å². The summed E-state index contributed by atoms with van der Waals surface area (Å²) >= 11 is 0. The molecule has 2 aliphatic carbocycles. The molecule has 0 aliphatic heterocycles. The van der Waals surface area contributed by atoms with Crippen LogP contribution in [0.5, 0.6) is 0 Å². The second kappa shape index (κ2) is 9.99. The average Bonchev–Trinajstić information content (AvgIpc) is 2.82. The Morgan fingerprint density at radius 3 is 2.46 bits per heavy atom. The van der Waals surface area contributed by atoms with Crippen molar-refractivity contribution in [1.29, 1.82) is 0 Å². The van der Waals surface area contributed by atoms with Gasteiger partial charge >= 0.3 is 0 Å². The number of aromatic nitrogens is 2. The first-order valence-electron chi connectivity index (χ1n) is 12.7. The Morgan fingerprint density at radius 2 is 1.81 bits per heavy atom. The number of nitrogens with zero attached hydrogens (tertiary/aromatic N) is 2. The van der Waals surface area contributed by atoms with E-state index in [1.807, 2.05) is 6.07 Å². The summed E-state index contributed by atoms with van der Waals surface area (Å²) in [4.78, 5) is 21.4. The maximum absolute atomic E-state index is 15.0. The number of rotatable bonds is 6. The zero-order valence-corrected chi connectivity index (χ0v) is 20.7. The van der Waals surface area contributed by atoms with Crippen molar-refractivity contribution in [3.8, 4) is 11.3 Å². The van der Waals surface area contributed by atoms with Gasteiger partial charge in [0.05, 0.1) is 11.2 Å². The number of carbonyl (C=O) groups is 1. The largest absolute Gasteiger partial charge is 0.385 e. The molecule has 0 radical (unpaired) electrons. The molecule has 3 aromatic rings. The zero-order chi connectivity index (χ0) is 26.3. The molecule has 0 spiro atoms. The zero-order valence-electron chi connectivity index (χ0n) is 20.7. The molecule has 0 saturated heterocycles. The van der Waals surface area contributed by atoms with Crippen LogP contribution in [0.25, 0.3) is 11.3 Å². The average molecular weight is 510 g/mol. The summed E-state index contributed by atoms with van der Waals surface area (Å²) in [7, 11) is 0. The van der Waals surface area contributed by atoms with E-state index < -0.39 is 40.1 Å². The third-order valence-corrected chi connectivity index (χ3v) is 7.84. The number of halogens is 3. The van der Waals surface area contributed by atoms with Crippen molar-refractivity contribution < 1.29 is 23.1 Å². The molecule has 2 fully saturated rings. The van der Waals surface area contributed by atoms with Gasteiger partial charge < -0.3 is 10.8 Å². The Balaban J connectivity index is 1.44. The molecule has 5 rings (SSSR count). The number of carbonyl (C=O) groups excluding carboxylic acids is 1. The summed E-state index contributed by atoms with van der Waals surface area (Å²) in [5.41, 5.74) is 5.50.